The molecule has 110 valence electrons. The third-order valence-corrected chi connectivity index (χ3v) is 3.13. The summed E-state index contributed by atoms with van der Waals surface area (Å²) in [4.78, 5) is 23.3. The van der Waals surface area contributed by atoms with Gasteiger partial charge in [-0.3, -0.25) is 9.59 Å². The first-order chi connectivity index (χ1) is 9.54. The van der Waals surface area contributed by atoms with E-state index in [1.54, 1.807) is 0 Å². The third kappa shape index (κ3) is 5.30. The number of carbonyl (C=O) groups is 2. The van der Waals surface area contributed by atoms with Crippen LogP contribution in [0.4, 0.5) is 5.69 Å². The Labute approximate surface area is 118 Å². The molecule has 1 aromatic rings. The van der Waals surface area contributed by atoms with Gasteiger partial charge in [-0.1, -0.05) is 25.1 Å². The SMILES string of the molecule is CCc1ccccc1N(CCCC(=O)O)CCC(=O)O. The van der Waals surface area contributed by atoms with Gasteiger partial charge in [-0.05, 0) is 24.5 Å². The Hall–Kier alpha value is -2.04. The Morgan fingerprint density at radius 3 is 2.30 bits per heavy atom. The zero-order chi connectivity index (χ0) is 15.0. The molecule has 5 nitrogen and oxygen atoms in total. The Balaban J connectivity index is 2.79. The van der Waals surface area contributed by atoms with Crippen LogP contribution in [0.3, 0.4) is 0 Å². The molecule has 0 saturated carbocycles. The molecule has 0 aliphatic rings. The van der Waals surface area contributed by atoms with Crippen molar-refractivity contribution in [2.75, 3.05) is 18.0 Å². The van der Waals surface area contributed by atoms with Crippen LogP contribution in [-0.4, -0.2) is 35.2 Å². The number of hydrogen-bond donors (Lipinski definition) is 2. The maximum Gasteiger partial charge on any atom is 0.305 e. The first-order valence-corrected chi connectivity index (χ1v) is 6.81. The number of hydrogen-bond acceptors (Lipinski definition) is 3. The number of benzene rings is 1. The van der Waals surface area contributed by atoms with Gasteiger partial charge in [0.2, 0.25) is 0 Å². The van der Waals surface area contributed by atoms with Gasteiger partial charge >= 0.3 is 11.9 Å². The highest BCUT2D eigenvalue weighted by Gasteiger charge is 2.12. The molecular weight excluding hydrogens is 258 g/mol. The van der Waals surface area contributed by atoms with E-state index in [-0.39, 0.29) is 12.8 Å². The van der Waals surface area contributed by atoms with Crippen LogP contribution in [-0.2, 0) is 16.0 Å². The summed E-state index contributed by atoms with van der Waals surface area (Å²) in [6.45, 7) is 2.99. The lowest BCUT2D eigenvalue weighted by atomic mass is 10.1. The van der Waals surface area contributed by atoms with Crippen LogP contribution in [0.25, 0.3) is 0 Å². The van der Waals surface area contributed by atoms with Crippen molar-refractivity contribution in [1.29, 1.82) is 0 Å². The Kier molecular flexibility index (Phi) is 6.56. The summed E-state index contributed by atoms with van der Waals surface area (Å²) in [5, 5.41) is 17.5. The second-order valence-corrected chi connectivity index (χ2v) is 4.61. The molecule has 20 heavy (non-hydrogen) atoms. The molecule has 0 unspecified atom stereocenters. The maximum absolute atomic E-state index is 10.8. The minimum atomic E-state index is -0.845. The van der Waals surface area contributed by atoms with Crippen LogP contribution >= 0.6 is 0 Å². The maximum atomic E-state index is 10.8. The van der Waals surface area contributed by atoms with E-state index in [0.717, 1.165) is 17.7 Å². The second-order valence-electron chi connectivity index (χ2n) is 4.61. The van der Waals surface area contributed by atoms with Crippen molar-refractivity contribution < 1.29 is 19.8 Å². The van der Waals surface area contributed by atoms with E-state index in [1.165, 1.54) is 0 Å². The summed E-state index contributed by atoms with van der Waals surface area (Å²) in [5.41, 5.74) is 2.15. The molecule has 0 aromatic heterocycles. The molecule has 0 aliphatic heterocycles. The summed E-state index contributed by atoms with van der Waals surface area (Å²) >= 11 is 0. The van der Waals surface area contributed by atoms with Crippen molar-refractivity contribution in [3.8, 4) is 0 Å². The Morgan fingerprint density at radius 1 is 1.05 bits per heavy atom. The van der Waals surface area contributed by atoms with Crippen LogP contribution in [0.5, 0.6) is 0 Å². The zero-order valence-corrected chi connectivity index (χ0v) is 11.7. The largest absolute Gasteiger partial charge is 0.481 e. The van der Waals surface area contributed by atoms with Gasteiger partial charge in [0, 0.05) is 25.2 Å². The van der Waals surface area contributed by atoms with Gasteiger partial charge < -0.3 is 15.1 Å². The van der Waals surface area contributed by atoms with Gasteiger partial charge in [-0.15, -0.1) is 0 Å². The molecule has 0 amide bonds. The molecule has 2 N–H and O–H groups in total. The van der Waals surface area contributed by atoms with Crippen molar-refractivity contribution >= 4 is 17.6 Å². The molecule has 5 heteroatoms. The number of nitrogens with zero attached hydrogens (tertiary/aromatic N) is 1. The standard InChI is InChI=1S/C15H21NO4/c1-2-12-6-3-4-7-13(12)16(11-9-15(19)20)10-5-8-14(17)18/h3-4,6-7H,2,5,8-11H2,1H3,(H,17,18)(H,19,20). The number of para-hydroxylation sites is 1. The first-order valence-electron chi connectivity index (χ1n) is 6.81. The zero-order valence-electron chi connectivity index (χ0n) is 11.7. The number of carboxylic acid groups (broad SMARTS) is 2. The van der Waals surface area contributed by atoms with Crippen molar-refractivity contribution in [2.45, 2.75) is 32.6 Å². The van der Waals surface area contributed by atoms with Gasteiger partial charge in [0.15, 0.2) is 0 Å². The summed E-state index contributed by atoms with van der Waals surface area (Å²) in [6.07, 6.45) is 1.51. The van der Waals surface area contributed by atoms with E-state index in [9.17, 15) is 9.59 Å². The lowest BCUT2D eigenvalue weighted by Gasteiger charge is -2.26. The number of aliphatic carboxylic acids is 2. The van der Waals surface area contributed by atoms with Crippen LogP contribution in [0.2, 0.25) is 0 Å². The highest BCUT2D eigenvalue weighted by molar-refractivity contribution is 5.68. The fourth-order valence-electron chi connectivity index (χ4n) is 2.12. The fraction of sp³-hybridized carbons (Fsp3) is 0.467. The highest BCUT2D eigenvalue weighted by Crippen LogP contribution is 2.21. The van der Waals surface area contributed by atoms with Gasteiger partial charge in [0.25, 0.3) is 0 Å². The topological polar surface area (TPSA) is 77.8 Å². The molecule has 1 rings (SSSR count). The second kappa shape index (κ2) is 8.19. The van der Waals surface area contributed by atoms with Gasteiger partial charge in [0.1, 0.15) is 0 Å². The fourth-order valence-corrected chi connectivity index (χ4v) is 2.12. The number of aryl methyl sites for hydroxylation is 1. The Morgan fingerprint density at radius 2 is 1.70 bits per heavy atom. The average Bonchev–Trinajstić information content (AvgIpc) is 2.42. The normalized spacial score (nSPS) is 10.2. The van der Waals surface area contributed by atoms with E-state index in [0.29, 0.717) is 19.5 Å². The monoisotopic (exact) mass is 279 g/mol. The first kappa shape index (κ1) is 16.0. The van der Waals surface area contributed by atoms with Crippen molar-refractivity contribution in [3.05, 3.63) is 29.8 Å². The molecule has 0 heterocycles. The minimum absolute atomic E-state index is 0.0467. The summed E-state index contributed by atoms with van der Waals surface area (Å²) in [5.74, 6) is -1.67. The summed E-state index contributed by atoms with van der Waals surface area (Å²) in [7, 11) is 0. The van der Waals surface area contributed by atoms with E-state index in [4.69, 9.17) is 10.2 Å². The highest BCUT2D eigenvalue weighted by atomic mass is 16.4. The smallest absolute Gasteiger partial charge is 0.305 e. The van der Waals surface area contributed by atoms with Crippen LogP contribution in [0.15, 0.2) is 24.3 Å². The molecule has 0 radical (unpaired) electrons. The average molecular weight is 279 g/mol. The lowest BCUT2D eigenvalue weighted by molar-refractivity contribution is -0.138. The predicted octanol–water partition coefficient (Wildman–Crippen LogP) is 2.39. The van der Waals surface area contributed by atoms with Gasteiger partial charge in [0.05, 0.1) is 6.42 Å². The molecule has 1 aromatic carbocycles. The van der Waals surface area contributed by atoms with E-state index < -0.39 is 11.9 Å². The van der Waals surface area contributed by atoms with Crippen molar-refractivity contribution in [3.63, 3.8) is 0 Å². The number of anilines is 1. The molecule has 0 atom stereocenters. The minimum Gasteiger partial charge on any atom is -0.481 e. The summed E-state index contributed by atoms with van der Waals surface area (Å²) < 4.78 is 0. The third-order valence-electron chi connectivity index (χ3n) is 3.13. The molecule has 0 aliphatic carbocycles. The molecule has 0 fully saturated rings. The van der Waals surface area contributed by atoms with E-state index in [1.807, 2.05) is 36.1 Å². The number of carboxylic acids is 2. The van der Waals surface area contributed by atoms with E-state index in [2.05, 4.69) is 0 Å². The van der Waals surface area contributed by atoms with Crippen LogP contribution in [0.1, 0.15) is 31.7 Å². The van der Waals surface area contributed by atoms with Crippen molar-refractivity contribution in [2.24, 2.45) is 0 Å². The molecule has 0 saturated heterocycles. The molecular formula is C15H21NO4. The number of rotatable bonds is 9. The van der Waals surface area contributed by atoms with Crippen LogP contribution in [0, 0.1) is 0 Å². The predicted molar refractivity (Wildman–Crippen MR) is 77.2 cm³/mol. The lowest BCUT2D eigenvalue weighted by Crippen LogP contribution is -2.28. The van der Waals surface area contributed by atoms with Crippen molar-refractivity contribution in [1.82, 2.24) is 0 Å². The van der Waals surface area contributed by atoms with Gasteiger partial charge in [-0.2, -0.15) is 0 Å². The molecule has 0 spiro atoms. The molecule has 0 bridgehead atoms. The Bertz CT molecular complexity index is 459. The summed E-state index contributed by atoms with van der Waals surface area (Å²) in [6, 6.07) is 7.84. The quantitative estimate of drug-likeness (QED) is 0.725. The van der Waals surface area contributed by atoms with Crippen LogP contribution < -0.4 is 4.90 Å². The van der Waals surface area contributed by atoms with Gasteiger partial charge in [-0.25, -0.2) is 0 Å². The van der Waals surface area contributed by atoms with E-state index >= 15 is 0 Å².